The topological polar surface area (TPSA) is 49.5 Å². The molecular weight excluding hydrogens is 236 g/mol. The average Bonchev–Trinajstić information content (AvgIpc) is 2.99. The first-order valence-electron chi connectivity index (χ1n) is 7.31. The summed E-state index contributed by atoms with van der Waals surface area (Å²) in [7, 11) is 2.18. The van der Waals surface area contributed by atoms with Crippen LogP contribution in [0.5, 0.6) is 0 Å². The minimum absolute atomic E-state index is 0.00444. The number of nitrogens with two attached hydrogens (primary N) is 1. The predicted molar refractivity (Wildman–Crippen MR) is 78.9 cm³/mol. The molecule has 1 unspecified atom stereocenters. The van der Waals surface area contributed by atoms with Gasteiger partial charge < -0.3 is 15.7 Å². The minimum atomic E-state index is -0.617. The van der Waals surface area contributed by atoms with Gasteiger partial charge in [0.25, 0.3) is 0 Å². The summed E-state index contributed by atoms with van der Waals surface area (Å²) in [5.74, 6) is 0. The fourth-order valence-corrected chi connectivity index (χ4v) is 2.99. The third kappa shape index (κ3) is 3.56. The molecule has 1 aromatic rings. The van der Waals surface area contributed by atoms with E-state index in [9.17, 15) is 5.11 Å². The van der Waals surface area contributed by atoms with Gasteiger partial charge >= 0.3 is 0 Å². The summed E-state index contributed by atoms with van der Waals surface area (Å²) in [4.78, 5) is 2.41. The molecule has 0 aliphatic heterocycles. The molecule has 106 valence electrons. The van der Waals surface area contributed by atoms with E-state index in [2.05, 4.69) is 11.9 Å². The van der Waals surface area contributed by atoms with E-state index in [4.69, 9.17) is 5.73 Å². The molecule has 0 bridgehead atoms. The lowest BCUT2D eigenvalue weighted by Gasteiger charge is -2.32. The van der Waals surface area contributed by atoms with Gasteiger partial charge in [-0.3, -0.25) is 0 Å². The maximum Gasteiger partial charge on any atom is 0.0656 e. The summed E-state index contributed by atoms with van der Waals surface area (Å²) < 4.78 is 0. The molecule has 1 aromatic carbocycles. The van der Waals surface area contributed by atoms with Crippen molar-refractivity contribution in [2.45, 2.75) is 43.7 Å². The zero-order valence-electron chi connectivity index (χ0n) is 11.9. The number of hydrogen-bond donors (Lipinski definition) is 2. The van der Waals surface area contributed by atoms with Crippen LogP contribution in [0.25, 0.3) is 0 Å². The Kier molecular flexibility index (Phi) is 4.97. The fraction of sp³-hybridized carbons (Fsp3) is 0.625. The first kappa shape index (κ1) is 14.5. The van der Waals surface area contributed by atoms with Crippen molar-refractivity contribution in [2.75, 3.05) is 20.2 Å². The Morgan fingerprint density at radius 2 is 1.89 bits per heavy atom. The molecule has 1 atom stereocenters. The van der Waals surface area contributed by atoms with Crippen LogP contribution in [-0.2, 0) is 5.54 Å². The highest BCUT2D eigenvalue weighted by atomic mass is 16.3. The standard InChI is InChI=1S/C16H26N2O/c1-18(15-9-5-6-10-15)12-11-16(17,13-19)14-7-3-2-4-8-14/h2-4,7-8,15,19H,5-6,9-13,17H2,1H3. The van der Waals surface area contributed by atoms with E-state index in [0.717, 1.165) is 18.5 Å². The zero-order valence-corrected chi connectivity index (χ0v) is 11.9. The van der Waals surface area contributed by atoms with Crippen molar-refractivity contribution >= 4 is 0 Å². The largest absolute Gasteiger partial charge is 0.394 e. The van der Waals surface area contributed by atoms with Gasteiger partial charge in [0.2, 0.25) is 0 Å². The molecule has 0 radical (unpaired) electrons. The number of nitrogens with zero attached hydrogens (tertiary/aromatic N) is 1. The molecular formula is C16H26N2O. The fourth-order valence-electron chi connectivity index (χ4n) is 2.99. The van der Waals surface area contributed by atoms with E-state index in [1.165, 1.54) is 25.7 Å². The van der Waals surface area contributed by atoms with Crippen molar-refractivity contribution in [2.24, 2.45) is 5.73 Å². The highest BCUT2D eigenvalue weighted by Crippen LogP contribution is 2.25. The van der Waals surface area contributed by atoms with Crippen molar-refractivity contribution in [3.63, 3.8) is 0 Å². The van der Waals surface area contributed by atoms with Crippen molar-refractivity contribution in [1.29, 1.82) is 0 Å². The predicted octanol–water partition coefficient (Wildman–Crippen LogP) is 2.10. The molecule has 1 fully saturated rings. The van der Waals surface area contributed by atoms with Gasteiger partial charge in [0.05, 0.1) is 12.1 Å². The molecule has 1 aliphatic carbocycles. The second kappa shape index (κ2) is 6.51. The van der Waals surface area contributed by atoms with Gasteiger partial charge in [0.1, 0.15) is 0 Å². The molecule has 1 aliphatic rings. The van der Waals surface area contributed by atoms with E-state index in [-0.39, 0.29) is 6.61 Å². The lowest BCUT2D eigenvalue weighted by Crippen LogP contribution is -2.44. The number of aliphatic hydroxyl groups excluding tert-OH is 1. The third-order valence-electron chi connectivity index (χ3n) is 4.49. The highest BCUT2D eigenvalue weighted by Gasteiger charge is 2.28. The Balaban J connectivity index is 1.95. The SMILES string of the molecule is CN(CCC(N)(CO)c1ccccc1)C1CCCC1. The van der Waals surface area contributed by atoms with Crippen LogP contribution in [0.15, 0.2) is 30.3 Å². The smallest absolute Gasteiger partial charge is 0.0656 e. The third-order valence-corrected chi connectivity index (χ3v) is 4.49. The van der Waals surface area contributed by atoms with Gasteiger partial charge in [-0.2, -0.15) is 0 Å². The van der Waals surface area contributed by atoms with Crippen molar-refractivity contribution < 1.29 is 5.11 Å². The highest BCUT2D eigenvalue weighted by molar-refractivity contribution is 5.24. The molecule has 1 saturated carbocycles. The molecule has 0 aromatic heterocycles. The number of hydrogen-bond acceptors (Lipinski definition) is 3. The molecule has 19 heavy (non-hydrogen) atoms. The van der Waals surface area contributed by atoms with E-state index in [0.29, 0.717) is 6.04 Å². The van der Waals surface area contributed by atoms with Crippen LogP contribution in [-0.4, -0.2) is 36.2 Å². The van der Waals surface area contributed by atoms with Gasteiger partial charge in [0, 0.05) is 12.6 Å². The van der Waals surface area contributed by atoms with Gasteiger partial charge in [-0.1, -0.05) is 43.2 Å². The molecule has 3 N–H and O–H groups in total. The zero-order chi connectivity index (χ0) is 13.7. The van der Waals surface area contributed by atoms with Crippen LogP contribution in [0, 0.1) is 0 Å². The minimum Gasteiger partial charge on any atom is -0.394 e. The van der Waals surface area contributed by atoms with Gasteiger partial charge in [-0.25, -0.2) is 0 Å². The van der Waals surface area contributed by atoms with Crippen LogP contribution in [0.3, 0.4) is 0 Å². The number of rotatable bonds is 6. The normalized spacial score (nSPS) is 19.8. The van der Waals surface area contributed by atoms with Crippen LogP contribution in [0.4, 0.5) is 0 Å². The first-order valence-corrected chi connectivity index (χ1v) is 7.31. The summed E-state index contributed by atoms with van der Waals surface area (Å²) in [6.45, 7) is 0.937. The second-order valence-electron chi connectivity index (χ2n) is 5.85. The molecule has 2 rings (SSSR count). The number of benzene rings is 1. The van der Waals surface area contributed by atoms with Crippen LogP contribution >= 0.6 is 0 Å². The lowest BCUT2D eigenvalue weighted by atomic mass is 9.88. The van der Waals surface area contributed by atoms with Crippen molar-refractivity contribution in [3.05, 3.63) is 35.9 Å². The molecule has 0 saturated heterocycles. The van der Waals surface area contributed by atoms with Crippen molar-refractivity contribution in [1.82, 2.24) is 4.90 Å². The molecule has 0 amide bonds. The van der Waals surface area contributed by atoms with E-state index >= 15 is 0 Å². The Bertz CT molecular complexity index is 376. The molecule has 3 heteroatoms. The summed E-state index contributed by atoms with van der Waals surface area (Å²) in [6, 6.07) is 10.7. The quantitative estimate of drug-likeness (QED) is 0.825. The van der Waals surface area contributed by atoms with Crippen LogP contribution in [0.1, 0.15) is 37.7 Å². The van der Waals surface area contributed by atoms with Crippen LogP contribution in [0.2, 0.25) is 0 Å². The lowest BCUT2D eigenvalue weighted by molar-refractivity contribution is 0.157. The van der Waals surface area contributed by atoms with Gasteiger partial charge in [-0.15, -0.1) is 0 Å². The molecule has 0 heterocycles. The van der Waals surface area contributed by atoms with E-state index in [1.807, 2.05) is 30.3 Å². The summed E-state index contributed by atoms with van der Waals surface area (Å²) in [5.41, 5.74) is 6.80. The van der Waals surface area contributed by atoms with E-state index < -0.39 is 5.54 Å². The Morgan fingerprint density at radius 3 is 2.47 bits per heavy atom. The first-order chi connectivity index (χ1) is 9.15. The maximum atomic E-state index is 9.67. The molecule has 3 nitrogen and oxygen atoms in total. The Morgan fingerprint density at radius 1 is 1.26 bits per heavy atom. The van der Waals surface area contributed by atoms with Gasteiger partial charge in [0.15, 0.2) is 0 Å². The average molecular weight is 262 g/mol. The summed E-state index contributed by atoms with van der Waals surface area (Å²) in [5, 5.41) is 9.67. The second-order valence-corrected chi connectivity index (χ2v) is 5.85. The van der Waals surface area contributed by atoms with Crippen LogP contribution < -0.4 is 5.73 Å². The van der Waals surface area contributed by atoms with Gasteiger partial charge in [-0.05, 0) is 31.9 Å². The monoisotopic (exact) mass is 262 g/mol. The Hall–Kier alpha value is -0.900. The molecule has 0 spiro atoms. The Labute approximate surface area is 116 Å². The maximum absolute atomic E-state index is 9.67. The summed E-state index contributed by atoms with van der Waals surface area (Å²) in [6.07, 6.45) is 6.10. The summed E-state index contributed by atoms with van der Waals surface area (Å²) >= 11 is 0. The van der Waals surface area contributed by atoms with E-state index in [1.54, 1.807) is 0 Å². The number of aliphatic hydroxyl groups is 1. The van der Waals surface area contributed by atoms with Crippen molar-refractivity contribution in [3.8, 4) is 0 Å².